The summed E-state index contributed by atoms with van der Waals surface area (Å²) in [5.41, 5.74) is 2.13. The summed E-state index contributed by atoms with van der Waals surface area (Å²) in [5.74, 6) is 1.26. The lowest BCUT2D eigenvalue weighted by atomic mass is 9.43. The van der Waals surface area contributed by atoms with Gasteiger partial charge in [-0.25, -0.2) is 0 Å². The molecule has 0 aromatic heterocycles. The molecule has 2 atom stereocenters. The average molecular weight is 627 g/mol. The number of piperidine rings is 1. The Kier molecular flexibility index (Phi) is 9.19. The maximum Gasteiger partial charge on any atom is 0.253 e. The molecular formula is C38H50N4O4. The quantitative estimate of drug-likeness (QED) is 0.377. The highest BCUT2D eigenvalue weighted by Crippen LogP contribution is 2.65. The second-order valence-electron chi connectivity index (χ2n) is 14.9. The summed E-state index contributed by atoms with van der Waals surface area (Å²) in [7, 11) is 0. The molecule has 8 rings (SSSR count). The predicted molar refractivity (Wildman–Crippen MR) is 177 cm³/mol. The molecule has 2 unspecified atom stereocenters. The van der Waals surface area contributed by atoms with Gasteiger partial charge in [0.15, 0.2) is 0 Å². The summed E-state index contributed by atoms with van der Waals surface area (Å²) in [5, 5.41) is 6.52. The fraction of sp³-hybridized carbons (Fsp3) is 0.605. The van der Waals surface area contributed by atoms with Crippen LogP contribution < -0.4 is 10.6 Å². The van der Waals surface area contributed by atoms with Gasteiger partial charge in [-0.3, -0.25) is 19.3 Å². The minimum atomic E-state index is -0.450. The van der Waals surface area contributed by atoms with Gasteiger partial charge in [-0.05, 0) is 99.3 Å². The van der Waals surface area contributed by atoms with E-state index in [-0.39, 0.29) is 17.7 Å². The van der Waals surface area contributed by atoms with E-state index in [1.807, 2.05) is 35.2 Å². The smallest absolute Gasteiger partial charge is 0.253 e. The van der Waals surface area contributed by atoms with Gasteiger partial charge in [-0.2, -0.15) is 0 Å². The van der Waals surface area contributed by atoms with Crippen LogP contribution in [0.4, 0.5) is 0 Å². The molecule has 0 radical (unpaired) electrons. The number of nitrogens with one attached hydrogen (secondary N) is 2. The first-order valence-electron chi connectivity index (χ1n) is 17.7. The Labute approximate surface area is 273 Å². The molecule has 8 heteroatoms. The van der Waals surface area contributed by atoms with Gasteiger partial charge in [0.25, 0.3) is 5.91 Å². The summed E-state index contributed by atoms with van der Waals surface area (Å²) in [4.78, 5) is 45.3. The van der Waals surface area contributed by atoms with Crippen LogP contribution in [0, 0.1) is 22.7 Å². The third-order valence-electron chi connectivity index (χ3n) is 11.8. The van der Waals surface area contributed by atoms with Gasteiger partial charge in [-0.15, -0.1) is 0 Å². The molecule has 4 saturated carbocycles. The van der Waals surface area contributed by atoms with Crippen LogP contribution in [0.15, 0.2) is 54.6 Å². The average Bonchev–Trinajstić information content (AvgIpc) is 3.09. The number of carbonyl (C=O) groups excluding carboxylic acids is 3. The number of hydrogen-bond acceptors (Lipinski definition) is 5. The summed E-state index contributed by atoms with van der Waals surface area (Å²) < 4.78 is 5.50. The second kappa shape index (κ2) is 13.5. The van der Waals surface area contributed by atoms with Gasteiger partial charge in [0.1, 0.15) is 0 Å². The van der Waals surface area contributed by atoms with Gasteiger partial charge in [0, 0.05) is 50.9 Å². The zero-order valence-electron chi connectivity index (χ0n) is 27.2. The Morgan fingerprint density at radius 1 is 0.761 bits per heavy atom. The Morgan fingerprint density at radius 3 is 2.04 bits per heavy atom. The second-order valence-corrected chi connectivity index (χ2v) is 14.9. The molecule has 2 aromatic carbocycles. The first-order chi connectivity index (χ1) is 22.4. The van der Waals surface area contributed by atoms with Crippen LogP contribution in [0.3, 0.4) is 0 Å². The summed E-state index contributed by atoms with van der Waals surface area (Å²) in [6, 6.07) is 18.7. The molecule has 6 fully saturated rings. The monoisotopic (exact) mass is 626 g/mol. The minimum Gasteiger partial charge on any atom is -0.379 e. The van der Waals surface area contributed by atoms with Crippen LogP contribution in [-0.2, 0) is 27.3 Å². The Hall–Kier alpha value is -3.23. The van der Waals surface area contributed by atoms with Crippen molar-refractivity contribution in [3.63, 3.8) is 0 Å². The Bertz CT molecular complexity index is 1370. The molecule has 3 amide bonds. The maximum atomic E-state index is 13.9. The van der Waals surface area contributed by atoms with E-state index in [1.165, 1.54) is 5.56 Å². The number of carbonyl (C=O) groups is 3. The molecule has 2 aliphatic heterocycles. The lowest BCUT2D eigenvalue weighted by Gasteiger charge is -2.60. The number of benzene rings is 2. The molecule has 8 nitrogen and oxygen atoms in total. The first-order valence-corrected chi connectivity index (χ1v) is 17.7. The minimum absolute atomic E-state index is 0.0909. The summed E-state index contributed by atoms with van der Waals surface area (Å²) >= 11 is 0. The zero-order chi connectivity index (χ0) is 31.6. The topological polar surface area (TPSA) is 91.0 Å². The maximum absolute atomic E-state index is 13.9. The Balaban J connectivity index is 0.905. The summed E-state index contributed by atoms with van der Waals surface area (Å²) in [6.45, 7) is 6.29. The molecule has 2 heterocycles. The van der Waals surface area contributed by atoms with Crippen LogP contribution in [0.2, 0.25) is 0 Å². The van der Waals surface area contributed by atoms with Crippen molar-refractivity contribution in [3.05, 3.63) is 71.3 Å². The molecule has 4 aliphatic carbocycles. The third-order valence-corrected chi connectivity index (χ3v) is 11.8. The molecule has 2 aromatic rings. The van der Waals surface area contributed by atoms with Crippen molar-refractivity contribution in [3.8, 4) is 0 Å². The Morgan fingerprint density at radius 2 is 1.39 bits per heavy atom. The molecule has 4 bridgehead atoms. The fourth-order valence-corrected chi connectivity index (χ4v) is 9.81. The van der Waals surface area contributed by atoms with E-state index in [1.54, 1.807) is 0 Å². The third kappa shape index (κ3) is 6.61. The van der Waals surface area contributed by atoms with Crippen LogP contribution in [-0.4, -0.2) is 79.5 Å². The van der Waals surface area contributed by atoms with Gasteiger partial charge >= 0.3 is 0 Å². The normalized spacial score (nSPS) is 29.4. The van der Waals surface area contributed by atoms with Crippen LogP contribution >= 0.6 is 0 Å². The lowest BCUT2D eigenvalue weighted by Crippen LogP contribution is -2.61. The van der Waals surface area contributed by atoms with Gasteiger partial charge in [0.2, 0.25) is 11.8 Å². The van der Waals surface area contributed by atoms with Crippen molar-refractivity contribution in [1.82, 2.24) is 20.4 Å². The number of likely N-dealkylation sites (tertiary alicyclic amines) is 1. The number of aryl methyl sites for hydroxylation is 1. The van der Waals surface area contributed by atoms with Crippen molar-refractivity contribution in [2.24, 2.45) is 22.7 Å². The lowest BCUT2D eigenvalue weighted by molar-refractivity contribution is -0.167. The van der Waals surface area contributed by atoms with Crippen molar-refractivity contribution >= 4 is 17.7 Å². The number of hydrogen-bond donors (Lipinski definition) is 2. The highest BCUT2D eigenvalue weighted by atomic mass is 16.5. The van der Waals surface area contributed by atoms with E-state index in [0.717, 1.165) is 103 Å². The molecule has 2 saturated heterocycles. The van der Waals surface area contributed by atoms with E-state index >= 15 is 0 Å². The molecular weight excluding hydrogens is 576 g/mol. The number of rotatable bonds is 10. The highest BCUT2D eigenvalue weighted by molar-refractivity contribution is 5.94. The number of ether oxygens (including phenoxy) is 1. The zero-order valence-corrected chi connectivity index (χ0v) is 27.2. The summed E-state index contributed by atoms with van der Waals surface area (Å²) in [6.07, 6.45) is 9.34. The van der Waals surface area contributed by atoms with Gasteiger partial charge < -0.3 is 20.3 Å². The standard InChI is InChI=1S/C38H50N4O4/c43-34(42-15-12-33(13-16-42)41-17-19-46-20-18-41)32-10-8-29(9-11-32)26-40-36(45)38-24-30-21-31(25-38)23-37(22-30,27-38)35(44)39-14-4-7-28-5-2-1-3-6-28/h1-3,5-6,8-11,30-31,33H,4,7,12-27H2,(H,39,44)(H,40,45). The van der Waals surface area contributed by atoms with Crippen LogP contribution in [0.5, 0.6) is 0 Å². The first kappa shape index (κ1) is 31.4. The predicted octanol–water partition coefficient (Wildman–Crippen LogP) is 4.58. The van der Waals surface area contributed by atoms with Crippen LogP contribution in [0.1, 0.15) is 79.3 Å². The van der Waals surface area contributed by atoms with Crippen molar-refractivity contribution < 1.29 is 19.1 Å². The van der Waals surface area contributed by atoms with Crippen molar-refractivity contribution in [2.75, 3.05) is 45.9 Å². The number of amides is 3. The van der Waals surface area contributed by atoms with Crippen LogP contribution in [0.25, 0.3) is 0 Å². The van der Waals surface area contributed by atoms with E-state index in [2.05, 4.69) is 39.8 Å². The largest absolute Gasteiger partial charge is 0.379 e. The highest BCUT2D eigenvalue weighted by Gasteiger charge is 2.62. The van der Waals surface area contributed by atoms with Crippen molar-refractivity contribution in [1.29, 1.82) is 0 Å². The molecule has 2 N–H and O–H groups in total. The van der Waals surface area contributed by atoms with Gasteiger partial charge in [0.05, 0.1) is 24.0 Å². The molecule has 6 aliphatic rings. The van der Waals surface area contributed by atoms with E-state index in [0.29, 0.717) is 43.0 Å². The number of nitrogens with zero attached hydrogens (tertiary/aromatic N) is 2. The SMILES string of the molecule is O=C(c1ccc(CNC(=O)C23CC4CC(CC(C(=O)NCCCc5ccccc5)(C4)C2)C3)cc1)N1CCC(N2CCOCC2)CC1. The van der Waals surface area contributed by atoms with E-state index < -0.39 is 10.8 Å². The molecule has 246 valence electrons. The molecule has 0 spiro atoms. The number of morpholine rings is 1. The van der Waals surface area contributed by atoms with E-state index in [9.17, 15) is 14.4 Å². The van der Waals surface area contributed by atoms with E-state index in [4.69, 9.17) is 4.74 Å². The van der Waals surface area contributed by atoms with Gasteiger partial charge in [-0.1, -0.05) is 42.5 Å². The van der Waals surface area contributed by atoms with Crippen molar-refractivity contribution in [2.45, 2.75) is 76.8 Å². The molecule has 46 heavy (non-hydrogen) atoms. The fourth-order valence-electron chi connectivity index (χ4n) is 9.81.